The van der Waals surface area contributed by atoms with Crippen LogP contribution in [0.1, 0.15) is 25.0 Å². The van der Waals surface area contributed by atoms with Crippen LogP contribution in [0.25, 0.3) is 55.6 Å². The summed E-state index contributed by atoms with van der Waals surface area (Å²) in [4.78, 5) is 7.18. The lowest BCUT2D eigenvalue weighted by Crippen LogP contribution is -2.16. The second-order valence-corrected chi connectivity index (χ2v) is 12.1. The third kappa shape index (κ3) is 3.67. The summed E-state index contributed by atoms with van der Waals surface area (Å²) in [6, 6.07) is 46.6. The monoisotopic (exact) mass is 568 g/mol. The normalized spacial score (nSPS) is 13.4. The van der Waals surface area contributed by atoms with Crippen LogP contribution in [0.2, 0.25) is 0 Å². The zero-order valence-corrected chi connectivity index (χ0v) is 24.4. The van der Waals surface area contributed by atoms with E-state index in [2.05, 4.69) is 104 Å². The van der Waals surface area contributed by atoms with Gasteiger partial charge in [0.2, 0.25) is 5.89 Å². The molecule has 9 rings (SSSR count). The molecule has 44 heavy (non-hydrogen) atoms. The predicted octanol–water partition coefficient (Wildman–Crippen LogP) is 11.2. The van der Waals surface area contributed by atoms with Gasteiger partial charge >= 0.3 is 0 Å². The molecule has 0 saturated heterocycles. The third-order valence-electron chi connectivity index (χ3n) is 9.10. The number of anilines is 3. The van der Waals surface area contributed by atoms with E-state index in [-0.39, 0.29) is 5.41 Å². The minimum Gasteiger partial charge on any atom is -0.456 e. The Hall–Kier alpha value is -5.61. The molecule has 8 aromatic rings. The van der Waals surface area contributed by atoms with Gasteiger partial charge in [-0.15, -0.1) is 0 Å². The summed E-state index contributed by atoms with van der Waals surface area (Å²) in [5, 5.41) is 2.23. The van der Waals surface area contributed by atoms with Crippen molar-refractivity contribution in [2.24, 2.45) is 0 Å². The van der Waals surface area contributed by atoms with Gasteiger partial charge in [-0.2, -0.15) is 0 Å². The van der Waals surface area contributed by atoms with Gasteiger partial charge in [0.1, 0.15) is 16.7 Å². The average Bonchev–Trinajstić information content (AvgIpc) is 3.72. The number of hydrogen-bond acceptors (Lipinski definition) is 4. The summed E-state index contributed by atoms with van der Waals surface area (Å²) in [5.41, 5.74) is 12.5. The van der Waals surface area contributed by atoms with Gasteiger partial charge in [0.05, 0.1) is 0 Å². The molecule has 4 nitrogen and oxygen atoms in total. The summed E-state index contributed by atoms with van der Waals surface area (Å²) in [6.07, 6.45) is 0. The largest absolute Gasteiger partial charge is 0.456 e. The van der Waals surface area contributed by atoms with E-state index in [1.54, 1.807) is 0 Å². The highest BCUT2D eigenvalue weighted by Gasteiger charge is 2.35. The summed E-state index contributed by atoms with van der Waals surface area (Å²) < 4.78 is 12.5. The SMILES string of the molecule is CC1(C)c2ccccc2-c2ccc(N(c3ccc4oc(-c5ccccc5)nc4c3)c3ccc4c(c3)oc3ccccc34)cc21. The molecular weight excluding hydrogens is 540 g/mol. The molecule has 2 aromatic heterocycles. The molecule has 0 bridgehead atoms. The molecule has 0 saturated carbocycles. The summed E-state index contributed by atoms with van der Waals surface area (Å²) >= 11 is 0. The maximum atomic E-state index is 6.33. The molecule has 0 fully saturated rings. The molecule has 0 N–H and O–H groups in total. The van der Waals surface area contributed by atoms with Crippen LogP contribution in [0.15, 0.2) is 142 Å². The first-order chi connectivity index (χ1) is 21.5. The molecule has 1 aliphatic carbocycles. The van der Waals surface area contributed by atoms with Gasteiger partial charge in [0.25, 0.3) is 0 Å². The minimum absolute atomic E-state index is 0.114. The zero-order valence-electron chi connectivity index (χ0n) is 24.4. The molecule has 0 unspecified atom stereocenters. The summed E-state index contributed by atoms with van der Waals surface area (Å²) in [5.74, 6) is 0.616. The van der Waals surface area contributed by atoms with Crippen LogP contribution in [0.4, 0.5) is 17.1 Å². The molecule has 4 heteroatoms. The van der Waals surface area contributed by atoms with Crippen LogP contribution < -0.4 is 4.90 Å². The van der Waals surface area contributed by atoms with Crippen LogP contribution in [0.3, 0.4) is 0 Å². The fourth-order valence-corrected chi connectivity index (χ4v) is 6.89. The van der Waals surface area contributed by atoms with E-state index in [9.17, 15) is 0 Å². The van der Waals surface area contributed by atoms with Crippen molar-refractivity contribution >= 4 is 50.1 Å². The highest BCUT2D eigenvalue weighted by atomic mass is 16.3. The number of rotatable bonds is 4. The molecule has 6 aromatic carbocycles. The molecule has 0 amide bonds. The number of para-hydroxylation sites is 1. The quantitative estimate of drug-likeness (QED) is 0.212. The number of nitrogens with zero attached hydrogens (tertiary/aromatic N) is 2. The van der Waals surface area contributed by atoms with Gasteiger partial charge in [-0.05, 0) is 82.9 Å². The molecule has 2 heterocycles. The fraction of sp³-hybridized carbons (Fsp3) is 0.0750. The summed E-state index contributed by atoms with van der Waals surface area (Å²) in [6.45, 7) is 4.64. The Bertz CT molecular complexity index is 2380. The van der Waals surface area contributed by atoms with Crippen molar-refractivity contribution in [3.05, 3.63) is 145 Å². The maximum Gasteiger partial charge on any atom is 0.227 e. The standard InChI is InChI=1S/C40H28N2O2/c1-40(2)33-14-8-6-12-29(33)30-19-16-26(22-34(30)40)42(28-17-20-32-31-13-7-9-15-36(31)43-38(32)24-28)27-18-21-37-35(23-27)41-39(44-37)25-10-4-3-5-11-25/h3-24H,1-2H3. The van der Waals surface area contributed by atoms with E-state index in [1.165, 1.54) is 22.3 Å². The molecule has 1 aliphatic rings. The first kappa shape index (κ1) is 24.9. The van der Waals surface area contributed by atoms with Gasteiger partial charge < -0.3 is 13.7 Å². The number of hydrogen-bond donors (Lipinski definition) is 0. The van der Waals surface area contributed by atoms with E-state index in [1.807, 2.05) is 48.5 Å². The van der Waals surface area contributed by atoms with Crippen molar-refractivity contribution in [1.82, 2.24) is 4.98 Å². The fourth-order valence-electron chi connectivity index (χ4n) is 6.89. The predicted molar refractivity (Wildman–Crippen MR) is 179 cm³/mol. The van der Waals surface area contributed by atoms with Crippen LogP contribution in [-0.4, -0.2) is 4.98 Å². The van der Waals surface area contributed by atoms with Gasteiger partial charge in [-0.1, -0.05) is 80.6 Å². The smallest absolute Gasteiger partial charge is 0.227 e. The highest BCUT2D eigenvalue weighted by Crippen LogP contribution is 2.51. The van der Waals surface area contributed by atoms with Crippen LogP contribution in [0, 0.1) is 0 Å². The van der Waals surface area contributed by atoms with Crippen molar-refractivity contribution in [3.63, 3.8) is 0 Å². The van der Waals surface area contributed by atoms with Crippen molar-refractivity contribution < 1.29 is 8.83 Å². The third-order valence-corrected chi connectivity index (χ3v) is 9.10. The van der Waals surface area contributed by atoms with E-state index >= 15 is 0 Å². The van der Waals surface area contributed by atoms with Gasteiger partial charge in [-0.3, -0.25) is 0 Å². The average molecular weight is 569 g/mol. The lowest BCUT2D eigenvalue weighted by Gasteiger charge is -2.28. The number of oxazole rings is 1. The summed E-state index contributed by atoms with van der Waals surface area (Å²) in [7, 11) is 0. The Balaban J connectivity index is 1.24. The Labute approximate surface area is 254 Å². The number of benzene rings is 6. The van der Waals surface area contributed by atoms with Gasteiger partial charge in [-0.25, -0.2) is 4.98 Å². The van der Waals surface area contributed by atoms with E-state index in [4.69, 9.17) is 13.8 Å². The Morgan fingerprint density at radius 3 is 2.11 bits per heavy atom. The Kier molecular flexibility index (Phi) is 5.21. The topological polar surface area (TPSA) is 42.4 Å². The second-order valence-electron chi connectivity index (χ2n) is 12.1. The van der Waals surface area contributed by atoms with E-state index < -0.39 is 0 Å². The van der Waals surface area contributed by atoms with Gasteiger partial charge in [0, 0.05) is 44.9 Å². The minimum atomic E-state index is -0.114. The number of aromatic nitrogens is 1. The zero-order chi connectivity index (χ0) is 29.4. The van der Waals surface area contributed by atoms with Crippen LogP contribution in [0.5, 0.6) is 0 Å². The lowest BCUT2D eigenvalue weighted by molar-refractivity contribution is 0.620. The number of fused-ring (bicyclic) bond motifs is 7. The molecule has 0 radical (unpaired) electrons. The van der Waals surface area contributed by atoms with Crippen LogP contribution >= 0.6 is 0 Å². The number of furan rings is 1. The Morgan fingerprint density at radius 2 is 1.20 bits per heavy atom. The van der Waals surface area contributed by atoms with Crippen molar-refractivity contribution in [2.75, 3.05) is 4.90 Å². The van der Waals surface area contributed by atoms with E-state index in [0.29, 0.717) is 5.89 Å². The molecule has 0 spiro atoms. The first-order valence-corrected chi connectivity index (χ1v) is 15.0. The molecular formula is C40H28N2O2. The molecule has 210 valence electrons. The van der Waals surface area contributed by atoms with Crippen molar-refractivity contribution in [1.29, 1.82) is 0 Å². The molecule has 0 aliphatic heterocycles. The van der Waals surface area contributed by atoms with Crippen molar-refractivity contribution in [2.45, 2.75) is 19.3 Å². The molecule has 0 atom stereocenters. The van der Waals surface area contributed by atoms with Crippen molar-refractivity contribution in [3.8, 4) is 22.6 Å². The lowest BCUT2D eigenvalue weighted by atomic mass is 9.82. The van der Waals surface area contributed by atoms with E-state index in [0.717, 1.165) is 55.7 Å². The Morgan fingerprint density at radius 1 is 0.523 bits per heavy atom. The highest BCUT2D eigenvalue weighted by molar-refractivity contribution is 6.06. The van der Waals surface area contributed by atoms with Crippen LogP contribution in [-0.2, 0) is 5.41 Å². The second kappa shape index (κ2) is 9.19. The van der Waals surface area contributed by atoms with Gasteiger partial charge in [0.15, 0.2) is 5.58 Å². The first-order valence-electron chi connectivity index (χ1n) is 15.0. The maximum absolute atomic E-state index is 6.33.